The molecule has 0 aliphatic carbocycles. The summed E-state index contributed by atoms with van der Waals surface area (Å²) in [5, 5.41) is 9.88. The van der Waals surface area contributed by atoms with E-state index in [1.165, 1.54) is 25.6 Å². The second kappa shape index (κ2) is 9.46. The Morgan fingerprint density at radius 1 is 1.22 bits per heavy atom. The predicted molar refractivity (Wildman–Crippen MR) is 93.4 cm³/mol. The lowest BCUT2D eigenvalue weighted by atomic mass is 9.99. The number of hydrogen-bond donors (Lipinski definition) is 1. The Morgan fingerprint density at radius 3 is 2.48 bits per heavy atom. The first-order valence-electron chi connectivity index (χ1n) is 8.37. The minimum atomic E-state index is -0.792. The summed E-state index contributed by atoms with van der Waals surface area (Å²) >= 11 is 0. The SMILES string of the molecule is CC[C@H](C)[C@@H](NC(=O)COC(=O)c1ccc(-c2nnco2)cc1)C(=O)OC. The Morgan fingerprint density at radius 2 is 1.93 bits per heavy atom. The molecule has 9 heteroatoms. The Hall–Kier alpha value is -3.23. The van der Waals surface area contributed by atoms with Gasteiger partial charge in [-0.15, -0.1) is 10.2 Å². The maximum atomic E-state index is 12.1. The summed E-state index contributed by atoms with van der Waals surface area (Å²) in [4.78, 5) is 35.9. The van der Waals surface area contributed by atoms with Gasteiger partial charge in [-0.05, 0) is 30.2 Å². The van der Waals surface area contributed by atoms with Gasteiger partial charge in [0.2, 0.25) is 12.3 Å². The summed E-state index contributed by atoms with van der Waals surface area (Å²) in [6.45, 7) is 3.21. The lowest BCUT2D eigenvalue weighted by Crippen LogP contribution is -2.47. The molecule has 2 rings (SSSR count). The third-order valence-electron chi connectivity index (χ3n) is 4.05. The number of carbonyl (C=O) groups excluding carboxylic acids is 3. The largest absolute Gasteiger partial charge is 0.467 e. The Balaban J connectivity index is 1.90. The molecule has 0 saturated heterocycles. The van der Waals surface area contributed by atoms with Gasteiger partial charge in [0.1, 0.15) is 6.04 Å². The van der Waals surface area contributed by atoms with E-state index in [1.54, 1.807) is 12.1 Å². The first-order valence-corrected chi connectivity index (χ1v) is 8.37. The molecule has 0 unspecified atom stereocenters. The summed E-state index contributed by atoms with van der Waals surface area (Å²) in [7, 11) is 1.25. The van der Waals surface area contributed by atoms with Crippen molar-refractivity contribution in [2.24, 2.45) is 5.92 Å². The van der Waals surface area contributed by atoms with Crippen molar-refractivity contribution >= 4 is 17.8 Å². The van der Waals surface area contributed by atoms with Crippen molar-refractivity contribution in [3.05, 3.63) is 36.2 Å². The second-order valence-corrected chi connectivity index (χ2v) is 5.85. The highest BCUT2D eigenvalue weighted by atomic mass is 16.5. The monoisotopic (exact) mass is 375 g/mol. The van der Waals surface area contributed by atoms with Gasteiger partial charge in [0.05, 0.1) is 12.7 Å². The zero-order valence-corrected chi connectivity index (χ0v) is 15.3. The smallest absolute Gasteiger partial charge is 0.338 e. The molecular weight excluding hydrogens is 354 g/mol. The van der Waals surface area contributed by atoms with Gasteiger partial charge in [0.15, 0.2) is 6.61 Å². The lowest BCUT2D eigenvalue weighted by Gasteiger charge is -2.21. The highest BCUT2D eigenvalue weighted by Crippen LogP contribution is 2.17. The van der Waals surface area contributed by atoms with Crippen LogP contribution in [0.2, 0.25) is 0 Å². The molecule has 2 aromatic rings. The van der Waals surface area contributed by atoms with Crippen LogP contribution in [0.1, 0.15) is 30.6 Å². The van der Waals surface area contributed by atoms with E-state index in [0.29, 0.717) is 17.9 Å². The van der Waals surface area contributed by atoms with Crippen LogP contribution >= 0.6 is 0 Å². The predicted octanol–water partition coefficient (Wildman–Crippen LogP) is 1.60. The minimum Gasteiger partial charge on any atom is -0.467 e. The summed E-state index contributed by atoms with van der Waals surface area (Å²) in [5.74, 6) is -1.58. The fraction of sp³-hybridized carbons (Fsp3) is 0.389. The molecule has 1 aromatic carbocycles. The standard InChI is InChI=1S/C18H21N3O6/c1-4-11(2)15(18(24)25-3)20-14(22)9-26-17(23)13-7-5-12(6-8-13)16-21-19-10-27-16/h5-8,10-11,15H,4,9H2,1-3H3,(H,20,22)/t11-,15+/m0/s1. The van der Waals surface area contributed by atoms with E-state index < -0.39 is 30.5 Å². The number of nitrogens with zero attached hydrogens (tertiary/aromatic N) is 2. The number of carbonyl (C=O) groups is 3. The van der Waals surface area contributed by atoms with Gasteiger partial charge in [-0.25, -0.2) is 9.59 Å². The van der Waals surface area contributed by atoms with Crippen molar-refractivity contribution in [2.75, 3.05) is 13.7 Å². The van der Waals surface area contributed by atoms with Gasteiger partial charge in [0.25, 0.3) is 5.91 Å². The van der Waals surface area contributed by atoms with E-state index in [4.69, 9.17) is 13.9 Å². The number of esters is 2. The second-order valence-electron chi connectivity index (χ2n) is 5.85. The minimum absolute atomic E-state index is 0.116. The summed E-state index contributed by atoms with van der Waals surface area (Å²) in [5.41, 5.74) is 0.911. The van der Waals surface area contributed by atoms with E-state index in [2.05, 4.69) is 15.5 Å². The molecule has 0 fully saturated rings. The van der Waals surface area contributed by atoms with Crippen molar-refractivity contribution in [3.63, 3.8) is 0 Å². The Labute approximate surface area is 156 Å². The first-order chi connectivity index (χ1) is 13.0. The zero-order chi connectivity index (χ0) is 19.8. The normalized spacial score (nSPS) is 12.7. The van der Waals surface area contributed by atoms with Crippen LogP contribution < -0.4 is 5.32 Å². The fourth-order valence-corrected chi connectivity index (χ4v) is 2.27. The highest BCUT2D eigenvalue weighted by molar-refractivity contribution is 5.92. The molecule has 0 saturated carbocycles. The van der Waals surface area contributed by atoms with Crippen LogP contribution in [0.5, 0.6) is 0 Å². The van der Waals surface area contributed by atoms with Crippen molar-refractivity contribution in [2.45, 2.75) is 26.3 Å². The Kier molecular flexibility index (Phi) is 7.04. The number of hydrogen-bond acceptors (Lipinski definition) is 8. The topological polar surface area (TPSA) is 121 Å². The van der Waals surface area contributed by atoms with Gasteiger partial charge in [-0.1, -0.05) is 20.3 Å². The average Bonchev–Trinajstić information content (AvgIpc) is 3.24. The zero-order valence-electron chi connectivity index (χ0n) is 15.3. The number of methoxy groups -OCH3 is 1. The third-order valence-corrected chi connectivity index (χ3v) is 4.05. The van der Waals surface area contributed by atoms with Gasteiger partial charge in [-0.3, -0.25) is 4.79 Å². The molecule has 0 aliphatic rings. The molecule has 1 N–H and O–H groups in total. The van der Waals surface area contributed by atoms with Crippen molar-refractivity contribution in [3.8, 4) is 11.5 Å². The van der Waals surface area contributed by atoms with Crippen LogP contribution in [0, 0.1) is 5.92 Å². The Bertz CT molecular complexity index is 773. The lowest BCUT2D eigenvalue weighted by molar-refractivity contribution is -0.147. The van der Waals surface area contributed by atoms with Crippen LogP contribution in [0.25, 0.3) is 11.5 Å². The number of amides is 1. The van der Waals surface area contributed by atoms with Gasteiger partial charge in [-0.2, -0.15) is 0 Å². The van der Waals surface area contributed by atoms with Crippen LogP contribution in [-0.4, -0.2) is 47.8 Å². The van der Waals surface area contributed by atoms with Crippen molar-refractivity contribution < 1.29 is 28.3 Å². The van der Waals surface area contributed by atoms with Crippen LogP contribution in [-0.2, 0) is 19.1 Å². The molecule has 0 radical (unpaired) electrons. The summed E-state index contributed by atoms with van der Waals surface area (Å²) in [6, 6.07) is 5.51. The fourth-order valence-electron chi connectivity index (χ4n) is 2.27. The third kappa shape index (κ3) is 5.37. The molecule has 1 heterocycles. The first kappa shape index (κ1) is 20.1. The maximum Gasteiger partial charge on any atom is 0.338 e. The van der Waals surface area contributed by atoms with E-state index in [-0.39, 0.29) is 11.5 Å². The molecule has 1 amide bonds. The highest BCUT2D eigenvalue weighted by Gasteiger charge is 2.27. The molecule has 27 heavy (non-hydrogen) atoms. The molecule has 0 spiro atoms. The van der Waals surface area contributed by atoms with Gasteiger partial charge in [0, 0.05) is 5.56 Å². The quantitative estimate of drug-likeness (QED) is 0.691. The van der Waals surface area contributed by atoms with Crippen LogP contribution in [0.4, 0.5) is 0 Å². The molecule has 1 aromatic heterocycles. The number of benzene rings is 1. The van der Waals surface area contributed by atoms with Crippen molar-refractivity contribution in [1.29, 1.82) is 0 Å². The average molecular weight is 375 g/mol. The molecule has 2 atom stereocenters. The van der Waals surface area contributed by atoms with E-state index in [9.17, 15) is 14.4 Å². The van der Waals surface area contributed by atoms with Crippen LogP contribution in [0.15, 0.2) is 35.1 Å². The molecule has 0 aliphatic heterocycles. The van der Waals surface area contributed by atoms with E-state index in [1.807, 2.05) is 13.8 Å². The molecule has 0 bridgehead atoms. The summed E-state index contributed by atoms with van der Waals surface area (Å²) < 4.78 is 14.8. The van der Waals surface area contributed by atoms with Crippen molar-refractivity contribution in [1.82, 2.24) is 15.5 Å². The molecular formula is C18H21N3O6. The maximum absolute atomic E-state index is 12.1. The number of nitrogens with one attached hydrogen (secondary N) is 1. The number of rotatable bonds is 8. The number of ether oxygens (including phenoxy) is 2. The van der Waals surface area contributed by atoms with Crippen LogP contribution in [0.3, 0.4) is 0 Å². The number of aromatic nitrogens is 2. The molecule has 9 nitrogen and oxygen atoms in total. The van der Waals surface area contributed by atoms with Gasteiger partial charge >= 0.3 is 11.9 Å². The van der Waals surface area contributed by atoms with Gasteiger partial charge < -0.3 is 19.2 Å². The van der Waals surface area contributed by atoms with E-state index in [0.717, 1.165) is 0 Å². The molecule has 144 valence electrons. The summed E-state index contributed by atoms with van der Waals surface area (Å²) in [6.07, 6.45) is 1.88. The van der Waals surface area contributed by atoms with E-state index >= 15 is 0 Å².